The molecule has 0 radical (unpaired) electrons. The first-order valence-electron chi connectivity index (χ1n) is 6.02. The molecule has 1 fully saturated rings. The molecule has 2 rings (SSSR count). The number of carbonyl (C=O) groups is 1. The Morgan fingerprint density at radius 1 is 1.61 bits per heavy atom. The van der Waals surface area contributed by atoms with E-state index in [-0.39, 0.29) is 17.8 Å². The number of carbonyl (C=O) groups excluding carboxylic acids is 1. The number of amides is 1. The summed E-state index contributed by atoms with van der Waals surface area (Å²) in [5.74, 6) is -0.508. The van der Waals surface area contributed by atoms with Crippen molar-refractivity contribution in [3.63, 3.8) is 0 Å². The molecular formula is C13H17FN2O2. The number of aryl methyl sites for hydroxylation is 1. The number of morpholine rings is 1. The van der Waals surface area contributed by atoms with E-state index in [1.165, 1.54) is 18.2 Å². The molecule has 0 spiro atoms. The maximum absolute atomic E-state index is 12.9. The van der Waals surface area contributed by atoms with Gasteiger partial charge in [-0.05, 0) is 30.7 Å². The molecule has 98 valence electrons. The Kier molecular flexibility index (Phi) is 4.28. The van der Waals surface area contributed by atoms with E-state index in [0.717, 1.165) is 6.54 Å². The highest BCUT2D eigenvalue weighted by molar-refractivity contribution is 5.95. The lowest BCUT2D eigenvalue weighted by Crippen LogP contribution is -2.48. The van der Waals surface area contributed by atoms with Crippen LogP contribution >= 0.6 is 0 Å². The zero-order valence-corrected chi connectivity index (χ0v) is 10.3. The summed E-state index contributed by atoms with van der Waals surface area (Å²) in [6.45, 7) is 4.34. The second kappa shape index (κ2) is 5.93. The number of halogens is 1. The lowest BCUT2D eigenvalue weighted by Gasteiger charge is -2.24. The first-order chi connectivity index (χ1) is 8.66. The van der Waals surface area contributed by atoms with Crippen molar-refractivity contribution < 1.29 is 13.9 Å². The van der Waals surface area contributed by atoms with Crippen LogP contribution in [0.25, 0.3) is 0 Å². The Hall–Kier alpha value is -1.46. The molecule has 1 heterocycles. The summed E-state index contributed by atoms with van der Waals surface area (Å²) in [7, 11) is 0. The van der Waals surface area contributed by atoms with E-state index in [4.69, 9.17) is 4.74 Å². The molecule has 2 N–H and O–H groups in total. The van der Waals surface area contributed by atoms with Crippen LogP contribution in [0, 0.1) is 12.7 Å². The summed E-state index contributed by atoms with van der Waals surface area (Å²) in [4.78, 5) is 11.9. The van der Waals surface area contributed by atoms with Crippen LogP contribution in [0.2, 0.25) is 0 Å². The SMILES string of the molecule is Cc1cc(F)ccc1C(=O)NCC1COCCN1. The molecular weight excluding hydrogens is 235 g/mol. The van der Waals surface area contributed by atoms with E-state index in [1.807, 2.05) is 0 Å². The molecule has 0 aromatic heterocycles. The Bertz CT molecular complexity index is 431. The summed E-state index contributed by atoms with van der Waals surface area (Å²) in [6.07, 6.45) is 0. The minimum Gasteiger partial charge on any atom is -0.378 e. The molecule has 1 aliphatic rings. The van der Waals surface area contributed by atoms with Gasteiger partial charge in [0.25, 0.3) is 5.91 Å². The Morgan fingerprint density at radius 2 is 2.44 bits per heavy atom. The summed E-state index contributed by atoms with van der Waals surface area (Å²) >= 11 is 0. The van der Waals surface area contributed by atoms with Gasteiger partial charge in [-0.1, -0.05) is 0 Å². The van der Waals surface area contributed by atoms with Gasteiger partial charge in [-0.15, -0.1) is 0 Å². The van der Waals surface area contributed by atoms with Crippen LogP contribution in [-0.4, -0.2) is 38.3 Å². The third-order valence-corrected chi connectivity index (χ3v) is 2.94. The fraction of sp³-hybridized carbons (Fsp3) is 0.462. The van der Waals surface area contributed by atoms with Crippen molar-refractivity contribution in [1.29, 1.82) is 0 Å². The van der Waals surface area contributed by atoms with Crippen LogP contribution in [0.1, 0.15) is 15.9 Å². The Balaban J connectivity index is 1.90. The van der Waals surface area contributed by atoms with E-state index < -0.39 is 0 Å². The molecule has 1 aromatic rings. The van der Waals surface area contributed by atoms with E-state index >= 15 is 0 Å². The largest absolute Gasteiger partial charge is 0.378 e. The third-order valence-electron chi connectivity index (χ3n) is 2.94. The van der Waals surface area contributed by atoms with Gasteiger partial charge < -0.3 is 15.4 Å². The van der Waals surface area contributed by atoms with Gasteiger partial charge in [-0.3, -0.25) is 4.79 Å². The van der Waals surface area contributed by atoms with Crippen molar-refractivity contribution in [2.24, 2.45) is 0 Å². The molecule has 0 saturated carbocycles. The summed E-state index contributed by atoms with van der Waals surface area (Å²) < 4.78 is 18.2. The van der Waals surface area contributed by atoms with Crippen LogP contribution in [0.4, 0.5) is 4.39 Å². The smallest absolute Gasteiger partial charge is 0.251 e. The van der Waals surface area contributed by atoms with Gasteiger partial charge in [-0.2, -0.15) is 0 Å². The molecule has 1 aliphatic heterocycles. The number of hydrogen-bond donors (Lipinski definition) is 2. The summed E-state index contributed by atoms with van der Waals surface area (Å²) in [5.41, 5.74) is 1.15. The van der Waals surface area contributed by atoms with E-state index in [0.29, 0.717) is 30.9 Å². The van der Waals surface area contributed by atoms with Crippen LogP contribution < -0.4 is 10.6 Å². The second-order valence-electron chi connectivity index (χ2n) is 4.40. The van der Waals surface area contributed by atoms with Gasteiger partial charge >= 0.3 is 0 Å². The number of nitrogens with one attached hydrogen (secondary N) is 2. The van der Waals surface area contributed by atoms with Gasteiger partial charge in [0.05, 0.1) is 13.2 Å². The molecule has 5 heteroatoms. The number of benzene rings is 1. The van der Waals surface area contributed by atoms with Gasteiger partial charge in [0, 0.05) is 24.7 Å². The van der Waals surface area contributed by atoms with Gasteiger partial charge in [0.1, 0.15) is 5.82 Å². The zero-order chi connectivity index (χ0) is 13.0. The molecule has 0 aliphatic carbocycles. The van der Waals surface area contributed by atoms with Crippen LogP contribution in [0.15, 0.2) is 18.2 Å². The monoisotopic (exact) mass is 252 g/mol. The first-order valence-corrected chi connectivity index (χ1v) is 6.02. The second-order valence-corrected chi connectivity index (χ2v) is 4.40. The Morgan fingerprint density at radius 3 is 3.11 bits per heavy atom. The molecule has 18 heavy (non-hydrogen) atoms. The molecule has 4 nitrogen and oxygen atoms in total. The van der Waals surface area contributed by atoms with Crippen molar-refractivity contribution in [1.82, 2.24) is 10.6 Å². The minimum atomic E-state index is -0.327. The maximum atomic E-state index is 12.9. The fourth-order valence-electron chi connectivity index (χ4n) is 1.94. The van der Waals surface area contributed by atoms with E-state index in [9.17, 15) is 9.18 Å². The number of rotatable bonds is 3. The maximum Gasteiger partial charge on any atom is 0.251 e. The standard InChI is InChI=1S/C13H17FN2O2/c1-9-6-10(14)2-3-12(9)13(17)16-7-11-8-18-5-4-15-11/h2-3,6,11,15H,4-5,7-8H2,1H3,(H,16,17). The van der Waals surface area contributed by atoms with Crippen LogP contribution in [-0.2, 0) is 4.74 Å². The van der Waals surface area contributed by atoms with Crippen LogP contribution in [0.5, 0.6) is 0 Å². The number of ether oxygens (including phenoxy) is 1. The minimum absolute atomic E-state index is 0.142. The summed E-state index contributed by atoms with van der Waals surface area (Å²) in [5, 5.41) is 6.07. The molecule has 1 aromatic carbocycles. The Labute approximate surface area is 106 Å². The van der Waals surface area contributed by atoms with E-state index in [1.54, 1.807) is 6.92 Å². The average molecular weight is 252 g/mol. The molecule has 1 unspecified atom stereocenters. The van der Waals surface area contributed by atoms with Crippen molar-refractivity contribution in [2.75, 3.05) is 26.3 Å². The highest BCUT2D eigenvalue weighted by atomic mass is 19.1. The van der Waals surface area contributed by atoms with Gasteiger partial charge in [0.15, 0.2) is 0 Å². The molecule has 1 amide bonds. The highest BCUT2D eigenvalue weighted by Crippen LogP contribution is 2.09. The predicted molar refractivity (Wildman–Crippen MR) is 66.1 cm³/mol. The third kappa shape index (κ3) is 3.27. The lowest BCUT2D eigenvalue weighted by atomic mass is 10.1. The van der Waals surface area contributed by atoms with Gasteiger partial charge in [0.2, 0.25) is 0 Å². The quantitative estimate of drug-likeness (QED) is 0.838. The first kappa shape index (κ1) is 13.0. The molecule has 1 atom stereocenters. The normalized spacial score (nSPS) is 19.6. The van der Waals surface area contributed by atoms with E-state index in [2.05, 4.69) is 10.6 Å². The van der Waals surface area contributed by atoms with Crippen LogP contribution in [0.3, 0.4) is 0 Å². The zero-order valence-electron chi connectivity index (χ0n) is 10.3. The van der Waals surface area contributed by atoms with Crippen molar-refractivity contribution in [3.05, 3.63) is 35.1 Å². The van der Waals surface area contributed by atoms with Crippen molar-refractivity contribution >= 4 is 5.91 Å². The predicted octanol–water partition coefficient (Wildman–Crippen LogP) is 0.852. The lowest BCUT2D eigenvalue weighted by molar-refractivity contribution is 0.0734. The molecule has 1 saturated heterocycles. The number of hydrogen-bond acceptors (Lipinski definition) is 3. The highest BCUT2D eigenvalue weighted by Gasteiger charge is 2.15. The van der Waals surface area contributed by atoms with Crippen molar-refractivity contribution in [3.8, 4) is 0 Å². The average Bonchev–Trinajstić information content (AvgIpc) is 2.37. The molecule has 0 bridgehead atoms. The fourth-order valence-corrected chi connectivity index (χ4v) is 1.94. The van der Waals surface area contributed by atoms with Gasteiger partial charge in [-0.25, -0.2) is 4.39 Å². The summed E-state index contributed by atoms with van der Waals surface area (Å²) in [6, 6.07) is 4.30. The topological polar surface area (TPSA) is 50.4 Å². The van der Waals surface area contributed by atoms with Crippen molar-refractivity contribution in [2.45, 2.75) is 13.0 Å².